The topological polar surface area (TPSA) is 21.3 Å². The molecule has 11 heavy (non-hydrogen) atoms. The number of hydrogen-bond donors (Lipinski definition) is 1. The molecule has 0 saturated carbocycles. The molecule has 0 aromatic heterocycles. The molecule has 2 heteroatoms. The zero-order valence-corrected chi connectivity index (χ0v) is 8.03. The van der Waals surface area contributed by atoms with Crippen molar-refractivity contribution in [3.63, 3.8) is 0 Å². The van der Waals surface area contributed by atoms with Gasteiger partial charge in [-0.05, 0) is 12.3 Å². The quantitative estimate of drug-likeness (QED) is 0.574. The van der Waals surface area contributed by atoms with Crippen LogP contribution in [0.2, 0.25) is 0 Å². The predicted octanol–water partition coefficient (Wildman–Crippen LogP) is 1.41. The Bertz CT molecular complexity index is 131. The van der Waals surface area contributed by atoms with Crippen molar-refractivity contribution in [1.29, 1.82) is 0 Å². The molecule has 1 heterocycles. The lowest BCUT2D eigenvalue weighted by atomic mass is 9.77. The zero-order valence-electron chi connectivity index (χ0n) is 8.03. The normalized spacial score (nSPS) is 33.8. The highest BCUT2D eigenvalue weighted by molar-refractivity contribution is 4.92. The standard InChI is InChI=1S/C9H19NO/c1-8(2,3)9(4)7-10-5-6-11-9/h10H,5-7H2,1-4H3/t9-/m0/s1. The third kappa shape index (κ3) is 1.74. The highest BCUT2D eigenvalue weighted by Crippen LogP contribution is 2.33. The Balaban J connectivity index is 2.64. The fourth-order valence-corrected chi connectivity index (χ4v) is 1.21. The number of ether oxygens (including phenoxy) is 1. The Hall–Kier alpha value is -0.0800. The van der Waals surface area contributed by atoms with Gasteiger partial charge in [0.15, 0.2) is 0 Å². The third-order valence-electron chi connectivity index (χ3n) is 2.75. The second kappa shape index (κ2) is 2.76. The Labute approximate surface area is 69.3 Å². The molecular weight excluding hydrogens is 138 g/mol. The van der Waals surface area contributed by atoms with Gasteiger partial charge in [0.05, 0.1) is 12.2 Å². The molecule has 1 atom stereocenters. The van der Waals surface area contributed by atoms with E-state index in [1.807, 2.05) is 0 Å². The van der Waals surface area contributed by atoms with E-state index >= 15 is 0 Å². The van der Waals surface area contributed by atoms with E-state index in [2.05, 4.69) is 33.0 Å². The first-order valence-corrected chi connectivity index (χ1v) is 4.30. The smallest absolute Gasteiger partial charge is 0.0826 e. The van der Waals surface area contributed by atoms with Crippen molar-refractivity contribution < 1.29 is 4.74 Å². The summed E-state index contributed by atoms with van der Waals surface area (Å²) in [7, 11) is 0. The first-order chi connectivity index (χ1) is 4.96. The van der Waals surface area contributed by atoms with E-state index in [4.69, 9.17) is 4.74 Å². The summed E-state index contributed by atoms with van der Waals surface area (Å²) in [6.45, 7) is 11.6. The van der Waals surface area contributed by atoms with Crippen LogP contribution in [-0.2, 0) is 4.74 Å². The van der Waals surface area contributed by atoms with E-state index in [0.29, 0.717) is 0 Å². The second-order valence-corrected chi connectivity index (χ2v) is 4.51. The highest BCUT2D eigenvalue weighted by Gasteiger charge is 2.39. The highest BCUT2D eigenvalue weighted by atomic mass is 16.5. The number of nitrogens with one attached hydrogen (secondary N) is 1. The van der Waals surface area contributed by atoms with Gasteiger partial charge in [-0.1, -0.05) is 20.8 Å². The van der Waals surface area contributed by atoms with Crippen LogP contribution < -0.4 is 5.32 Å². The molecule has 1 rings (SSSR count). The molecular formula is C9H19NO. The maximum absolute atomic E-state index is 5.77. The molecule has 0 bridgehead atoms. The fourth-order valence-electron chi connectivity index (χ4n) is 1.21. The minimum Gasteiger partial charge on any atom is -0.372 e. The van der Waals surface area contributed by atoms with E-state index in [1.165, 1.54) is 0 Å². The van der Waals surface area contributed by atoms with Crippen molar-refractivity contribution in [2.45, 2.75) is 33.3 Å². The molecule has 1 N–H and O–H groups in total. The van der Waals surface area contributed by atoms with Crippen LogP contribution >= 0.6 is 0 Å². The van der Waals surface area contributed by atoms with Gasteiger partial charge in [0, 0.05) is 13.1 Å². The van der Waals surface area contributed by atoms with E-state index in [-0.39, 0.29) is 11.0 Å². The Morgan fingerprint density at radius 1 is 1.36 bits per heavy atom. The molecule has 1 fully saturated rings. The monoisotopic (exact) mass is 157 g/mol. The molecule has 66 valence electrons. The molecule has 0 unspecified atom stereocenters. The van der Waals surface area contributed by atoms with Gasteiger partial charge < -0.3 is 10.1 Å². The van der Waals surface area contributed by atoms with Crippen molar-refractivity contribution in [3.05, 3.63) is 0 Å². The molecule has 1 saturated heterocycles. The van der Waals surface area contributed by atoms with E-state index in [0.717, 1.165) is 19.7 Å². The van der Waals surface area contributed by atoms with Gasteiger partial charge in [0.1, 0.15) is 0 Å². The van der Waals surface area contributed by atoms with Crippen LogP contribution in [0.5, 0.6) is 0 Å². The zero-order chi connectivity index (χ0) is 8.54. The number of hydrogen-bond acceptors (Lipinski definition) is 2. The summed E-state index contributed by atoms with van der Waals surface area (Å²) in [5, 5.41) is 3.36. The van der Waals surface area contributed by atoms with Crippen LogP contribution in [0.25, 0.3) is 0 Å². The number of morpholine rings is 1. The maximum Gasteiger partial charge on any atom is 0.0826 e. The van der Waals surface area contributed by atoms with Gasteiger partial charge in [-0.3, -0.25) is 0 Å². The fraction of sp³-hybridized carbons (Fsp3) is 1.00. The summed E-state index contributed by atoms with van der Waals surface area (Å²) in [6, 6.07) is 0. The molecule has 1 aliphatic heterocycles. The van der Waals surface area contributed by atoms with E-state index < -0.39 is 0 Å². The Morgan fingerprint density at radius 2 is 2.00 bits per heavy atom. The molecule has 0 aromatic rings. The minimum atomic E-state index is 0.00521. The second-order valence-electron chi connectivity index (χ2n) is 4.51. The van der Waals surface area contributed by atoms with Crippen molar-refractivity contribution in [1.82, 2.24) is 5.32 Å². The van der Waals surface area contributed by atoms with Gasteiger partial charge in [0.25, 0.3) is 0 Å². The van der Waals surface area contributed by atoms with Crippen LogP contribution in [0.1, 0.15) is 27.7 Å². The summed E-state index contributed by atoms with van der Waals surface area (Å²) < 4.78 is 5.77. The molecule has 0 aromatic carbocycles. The summed E-state index contributed by atoms with van der Waals surface area (Å²) in [5.74, 6) is 0. The lowest BCUT2D eigenvalue weighted by molar-refractivity contribution is -0.119. The van der Waals surface area contributed by atoms with Gasteiger partial charge >= 0.3 is 0 Å². The van der Waals surface area contributed by atoms with Crippen molar-refractivity contribution in [2.75, 3.05) is 19.7 Å². The molecule has 0 amide bonds. The van der Waals surface area contributed by atoms with Crippen LogP contribution in [0, 0.1) is 5.41 Å². The summed E-state index contributed by atoms with van der Waals surface area (Å²) in [4.78, 5) is 0. The lowest BCUT2D eigenvalue weighted by Gasteiger charge is -2.44. The first kappa shape index (κ1) is 9.01. The van der Waals surface area contributed by atoms with Crippen LogP contribution in [0.4, 0.5) is 0 Å². The van der Waals surface area contributed by atoms with Gasteiger partial charge in [0.2, 0.25) is 0 Å². The molecule has 0 spiro atoms. The number of rotatable bonds is 0. The van der Waals surface area contributed by atoms with Gasteiger partial charge in [-0.2, -0.15) is 0 Å². The Morgan fingerprint density at radius 3 is 2.27 bits per heavy atom. The largest absolute Gasteiger partial charge is 0.372 e. The molecule has 2 nitrogen and oxygen atoms in total. The maximum atomic E-state index is 5.77. The first-order valence-electron chi connectivity index (χ1n) is 4.30. The van der Waals surface area contributed by atoms with Crippen LogP contribution in [0.15, 0.2) is 0 Å². The average molecular weight is 157 g/mol. The van der Waals surface area contributed by atoms with E-state index in [9.17, 15) is 0 Å². The molecule has 1 aliphatic rings. The van der Waals surface area contributed by atoms with Crippen LogP contribution in [-0.4, -0.2) is 25.3 Å². The average Bonchev–Trinajstić information content (AvgIpc) is 1.87. The molecule has 0 aliphatic carbocycles. The lowest BCUT2D eigenvalue weighted by Crippen LogP contribution is -2.55. The predicted molar refractivity (Wildman–Crippen MR) is 46.7 cm³/mol. The van der Waals surface area contributed by atoms with Gasteiger partial charge in [-0.25, -0.2) is 0 Å². The summed E-state index contributed by atoms with van der Waals surface area (Å²) >= 11 is 0. The van der Waals surface area contributed by atoms with Crippen molar-refractivity contribution in [2.24, 2.45) is 5.41 Å². The van der Waals surface area contributed by atoms with E-state index in [1.54, 1.807) is 0 Å². The van der Waals surface area contributed by atoms with Crippen molar-refractivity contribution >= 4 is 0 Å². The molecule has 0 radical (unpaired) electrons. The SMILES string of the molecule is CC(C)(C)[C@]1(C)CNCCO1. The summed E-state index contributed by atoms with van der Waals surface area (Å²) in [5.41, 5.74) is 0.228. The summed E-state index contributed by atoms with van der Waals surface area (Å²) in [6.07, 6.45) is 0. The van der Waals surface area contributed by atoms with Crippen LogP contribution in [0.3, 0.4) is 0 Å². The third-order valence-corrected chi connectivity index (χ3v) is 2.75. The minimum absolute atomic E-state index is 0.00521. The Kier molecular flexibility index (Phi) is 2.26. The van der Waals surface area contributed by atoms with Gasteiger partial charge in [-0.15, -0.1) is 0 Å². The van der Waals surface area contributed by atoms with Crippen molar-refractivity contribution in [3.8, 4) is 0 Å².